The quantitative estimate of drug-likeness (QED) is 0.757. The lowest BCUT2D eigenvalue weighted by Gasteiger charge is -2.52. The number of methoxy groups -OCH3 is 1. The Kier molecular flexibility index (Phi) is 3.61. The third kappa shape index (κ3) is 1.94. The fraction of sp³-hybridized carbons (Fsp3) is 0.545. The van der Waals surface area contributed by atoms with Crippen LogP contribution in [-0.2, 0) is 16.6 Å². The summed E-state index contributed by atoms with van der Waals surface area (Å²) in [6, 6.07) is 4.83. The van der Waals surface area contributed by atoms with E-state index in [9.17, 15) is 0 Å². The molecule has 2 bridgehead atoms. The number of benzene rings is 1. The van der Waals surface area contributed by atoms with Gasteiger partial charge in [0.05, 0.1) is 19.1 Å². The highest BCUT2D eigenvalue weighted by atomic mass is 16.6. The van der Waals surface area contributed by atoms with Crippen molar-refractivity contribution in [3.8, 4) is 11.5 Å². The number of likely N-dealkylation sites (tertiary alicyclic amines) is 1. The minimum absolute atomic E-state index is 0.0614. The Bertz CT molecular complexity index is 812. The van der Waals surface area contributed by atoms with Gasteiger partial charge in [0.1, 0.15) is 5.76 Å². The van der Waals surface area contributed by atoms with E-state index < -0.39 is 0 Å². The predicted molar refractivity (Wildman–Crippen MR) is 101 cm³/mol. The summed E-state index contributed by atoms with van der Waals surface area (Å²) >= 11 is 0. The maximum Gasteiger partial charge on any atom is 0.169 e. The zero-order chi connectivity index (χ0) is 17.9. The molecule has 26 heavy (non-hydrogen) atoms. The summed E-state index contributed by atoms with van der Waals surface area (Å²) in [6.07, 6.45) is 8.65. The zero-order valence-electron chi connectivity index (χ0n) is 15.9. The Morgan fingerprint density at radius 2 is 2.19 bits per heavy atom. The maximum absolute atomic E-state index is 6.60. The molecule has 1 saturated heterocycles. The first-order chi connectivity index (χ1) is 12.7. The fourth-order valence-corrected chi connectivity index (χ4v) is 5.38. The van der Waals surface area contributed by atoms with Gasteiger partial charge in [-0.25, -0.2) is 0 Å². The highest BCUT2D eigenvalue weighted by Gasteiger charge is 2.62. The molecule has 3 atom stereocenters. The average molecular weight is 353 g/mol. The van der Waals surface area contributed by atoms with Crippen LogP contribution in [0.5, 0.6) is 11.5 Å². The topological polar surface area (TPSA) is 30.9 Å². The van der Waals surface area contributed by atoms with Crippen LogP contribution in [0.25, 0.3) is 0 Å². The van der Waals surface area contributed by atoms with Gasteiger partial charge in [-0.1, -0.05) is 25.5 Å². The SMILES string of the molecule is CCCCOc1ccc2c3c1O[C@H]1C(OC)=CC=C4[C@@H](C2)N(C)CC[C@]431. The highest BCUT2D eigenvalue weighted by Crippen LogP contribution is 2.62. The molecule has 0 amide bonds. The van der Waals surface area contributed by atoms with Crippen LogP contribution < -0.4 is 9.47 Å². The summed E-state index contributed by atoms with van der Waals surface area (Å²) in [4.78, 5) is 2.49. The predicted octanol–water partition coefficient (Wildman–Crippen LogP) is 3.59. The summed E-state index contributed by atoms with van der Waals surface area (Å²) in [5, 5.41) is 0. The Hall–Kier alpha value is -1.94. The van der Waals surface area contributed by atoms with Crippen molar-refractivity contribution in [2.24, 2.45) is 0 Å². The summed E-state index contributed by atoms with van der Waals surface area (Å²) in [6.45, 7) is 4.01. The van der Waals surface area contributed by atoms with E-state index in [-0.39, 0.29) is 11.5 Å². The molecule has 138 valence electrons. The van der Waals surface area contributed by atoms with E-state index in [0.717, 1.165) is 56.1 Å². The van der Waals surface area contributed by atoms with Gasteiger partial charge in [-0.2, -0.15) is 0 Å². The molecule has 2 aliphatic heterocycles. The van der Waals surface area contributed by atoms with E-state index >= 15 is 0 Å². The first-order valence-electron chi connectivity index (χ1n) is 9.83. The summed E-state index contributed by atoms with van der Waals surface area (Å²) < 4.78 is 18.5. The van der Waals surface area contributed by atoms with Gasteiger partial charge in [0, 0.05) is 11.6 Å². The molecule has 4 aliphatic rings. The number of rotatable bonds is 5. The molecule has 0 unspecified atom stereocenters. The van der Waals surface area contributed by atoms with Gasteiger partial charge in [-0.3, -0.25) is 4.90 Å². The molecule has 0 aromatic heterocycles. The molecule has 4 nitrogen and oxygen atoms in total. The number of hydrogen-bond donors (Lipinski definition) is 0. The van der Waals surface area contributed by atoms with Gasteiger partial charge in [-0.05, 0) is 56.1 Å². The Morgan fingerprint density at radius 3 is 3.00 bits per heavy atom. The van der Waals surface area contributed by atoms with Crippen LogP contribution in [0.15, 0.2) is 35.6 Å². The second-order valence-electron chi connectivity index (χ2n) is 7.94. The molecule has 0 radical (unpaired) electrons. The van der Waals surface area contributed by atoms with E-state index in [0.29, 0.717) is 6.04 Å². The highest BCUT2D eigenvalue weighted by molar-refractivity contribution is 5.67. The van der Waals surface area contributed by atoms with Crippen LogP contribution in [0.2, 0.25) is 0 Å². The fourth-order valence-electron chi connectivity index (χ4n) is 5.38. The van der Waals surface area contributed by atoms with Crippen LogP contribution >= 0.6 is 0 Å². The van der Waals surface area contributed by atoms with Crippen molar-refractivity contribution in [2.75, 3.05) is 27.3 Å². The first-order valence-corrected chi connectivity index (χ1v) is 9.83. The van der Waals surface area contributed by atoms with Gasteiger partial charge < -0.3 is 14.2 Å². The molecular formula is C22H27NO3. The standard InChI is InChI=1S/C22H27NO3/c1-4-5-12-25-17-8-6-14-13-16-15-7-9-18(24-3)21-22(15,10-11-23(16)2)19(14)20(17)26-21/h6-9,16,21H,4-5,10-13H2,1-3H3/t16-,21+,22+/m1/s1. The van der Waals surface area contributed by atoms with Gasteiger partial charge in [-0.15, -0.1) is 0 Å². The molecule has 1 aromatic carbocycles. The second kappa shape index (κ2) is 5.78. The van der Waals surface area contributed by atoms with Crippen molar-refractivity contribution < 1.29 is 14.2 Å². The third-order valence-electron chi connectivity index (χ3n) is 6.69. The lowest BCUT2D eigenvalue weighted by Crippen LogP contribution is -2.58. The van der Waals surface area contributed by atoms with Crippen molar-refractivity contribution in [3.63, 3.8) is 0 Å². The number of unbranched alkanes of at least 4 members (excludes halogenated alkanes) is 1. The molecule has 2 aliphatic carbocycles. The van der Waals surface area contributed by atoms with Crippen molar-refractivity contribution in [1.82, 2.24) is 4.90 Å². The summed E-state index contributed by atoms with van der Waals surface area (Å²) in [7, 11) is 4.00. The van der Waals surface area contributed by atoms with Crippen LogP contribution in [-0.4, -0.2) is 44.4 Å². The summed E-state index contributed by atoms with van der Waals surface area (Å²) in [5.74, 6) is 2.79. The Balaban J connectivity index is 1.68. The van der Waals surface area contributed by atoms with Crippen LogP contribution in [0.3, 0.4) is 0 Å². The van der Waals surface area contributed by atoms with E-state index in [1.54, 1.807) is 7.11 Å². The lowest BCUT2D eigenvalue weighted by molar-refractivity contribution is 0.0731. The average Bonchev–Trinajstić information content (AvgIpc) is 3.00. The lowest BCUT2D eigenvalue weighted by atomic mass is 9.57. The number of hydrogen-bond acceptors (Lipinski definition) is 4. The van der Waals surface area contributed by atoms with Crippen LogP contribution in [0.1, 0.15) is 37.3 Å². The van der Waals surface area contributed by atoms with Crippen LogP contribution in [0, 0.1) is 0 Å². The van der Waals surface area contributed by atoms with E-state index in [4.69, 9.17) is 14.2 Å². The number of likely N-dealkylation sites (N-methyl/N-ethyl adjacent to an activating group) is 1. The number of allylic oxidation sites excluding steroid dienone is 2. The molecule has 1 fully saturated rings. The van der Waals surface area contributed by atoms with Crippen molar-refractivity contribution in [2.45, 2.75) is 50.2 Å². The molecule has 1 aromatic rings. The van der Waals surface area contributed by atoms with Crippen molar-refractivity contribution in [1.29, 1.82) is 0 Å². The molecule has 0 N–H and O–H groups in total. The number of piperidine rings is 1. The molecule has 2 heterocycles. The van der Waals surface area contributed by atoms with E-state index in [1.165, 1.54) is 16.7 Å². The van der Waals surface area contributed by atoms with E-state index in [2.05, 4.69) is 43.2 Å². The zero-order valence-corrected chi connectivity index (χ0v) is 15.9. The number of nitrogens with zero attached hydrogens (tertiary/aromatic N) is 1. The normalized spacial score (nSPS) is 30.9. The van der Waals surface area contributed by atoms with Crippen molar-refractivity contribution >= 4 is 0 Å². The minimum atomic E-state index is -0.0791. The van der Waals surface area contributed by atoms with Gasteiger partial charge >= 0.3 is 0 Å². The Morgan fingerprint density at radius 1 is 1.31 bits per heavy atom. The first kappa shape index (κ1) is 16.2. The number of ether oxygens (including phenoxy) is 3. The maximum atomic E-state index is 6.60. The van der Waals surface area contributed by atoms with Crippen molar-refractivity contribution in [3.05, 3.63) is 46.7 Å². The van der Waals surface area contributed by atoms with Crippen LogP contribution in [0.4, 0.5) is 0 Å². The van der Waals surface area contributed by atoms with Gasteiger partial charge in [0.25, 0.3) is 0 Å². The van der Waals surface area contributed by atoms with Gasteiger partial charge in [0.2, 0.25) is 0 Å². The molecule has 1 spiro atoms. The summed E-state index contributed by atoms with van der Waals surface area (Å²) in [5.41, 5.74) is 4.20. The largest absolute Gasteiger partial charge is 0.497 e. The minimum Gasteiger partial charge on any atom is -0.497 e. The molecular weight excluding hydrogens is 326 g/mol. The van der Waals surface area contributed by atoms with E-state index in [1.807, 2.05) is 0 Å². The second-order valence-corrected chi connectivity index (χ2v) is 7.94. The molecule has 5 rings (SSSR count). The Labute approximate surface area is 155 Å². The smallest absolute Gasteiger partial charge is 0.169 e. The molecule has 4 heteroatoms. The third-order valence-corrected chi connectivity index (χ3v) is 6.69. The monoisotopic (exact) mass is 353 g/mol. The molecule has 0 saturated carbocycles. The van der Waals surface area contributed by atoms with Gasteiger partial charge in [0.15, 0.2) is 17.6 Å².